The lowest BCUT2D eigenvalue weighted by molar-refractivity contribution is -0.233. The highest BCUT2D eigenvalue weighted by Gasteiger charge is 2.66. The van der Waals surface area contributed by atoms with Crippen LogP contribution in [0.5, 0.6) is 0 Å². The monoisotopic (exact) mass is 820 g/mol. The number of halogens is 4. The van der Waals surface area contributed by atoms with E-state index in [-0.39, 0.29) is 41.6 Å². The number of H-pyrrole nitrogens is 1. The first kappa shape index (κ1) is 42.9. The van der Waals surface area contributed by atoms with E-state index in [1.807, 2.05) is 49.4 Å². The number of alkyl halides is 4. The van der Waals surface area contributed by atoms with Gasteiger partial charge in [-0.05, 0) is 130 Å². The van der Waals surface area contributed by atoms with Crippen LogP contribution >= 0.6 is 0 Å². The molecule has 1 unspecified atom stereocenters. The number of hydrogen-bond donors (Lipinski definition) is 6. The Morgan fingerprint density at radius 1 is 0.898 bits per heavy atom. The van der Waals surface area contributed by atoms with E-state index in [0.717, 1.165) is 61.0 Å². The van der Waals surface area contributed by atoms with E-state index in [9.17, 15) is 36.7 Å². The highest BCUT2D eigenvalue weighted by Crippen LogP contribution is 2.42. The number of carbonyl (C=O) groups excluding carboxylic acids is 4. The first-order valence-electron chi connectivity index (χ1n) is 19.6. The first-order valence-corrected chi connectivity index (χ1v) is 19.6. The van der Waals surface area contributed by atoms with Gasteiger partial charge in [0.1, 0.15) is 6.04 Å². The van der Waals surface area contributed by atoms with E-state index in [1.54, 1.807) is 5.10 Å². The molecule has 1 aliphatic heterocycles. The minimum absolute atomic E-state index is 0.101. The van der Waals surface area contributed by atoms with Crippen LogP contribution < -0.4 is 27.0 Å². The summed E-state index contributed by atoms with van der Waals surface area (Å²) in [6.45, 7) is 4.26. The van der Waals surface area contributed by atoms with E-state index in [1.165, 1.54) is 24.3 Å². The lowest BCUT2D eigenvalue weighted by atomic mass is 9.81. The molecule has 1 atom stereocenters. The third-order valence-electron chi connectivity index (χ3n) is 11.1. The topological polar surface area (TPSA) is 193 Å². The van der Waals surface area contributed by atoms with Gasteiger partial charge in [0.25, 0.3) is 5.91 Å². The van der Waals surface area contributed by atoms with Gasteiger partial charge in [-0.1, -0.05) is 30.3 Å². The number of rotatable bonds is 14. The molecule has 0 radical (unpaired) electrons. The number of nitrogens with one attached hydrogen (secondary N) is 5. The summed E-state index contributed by atoms with van der Waals surface area (Å²) in [5.41, 5.74) is 10.4. The van der Waals surface area contributed by atoms with Crippen molar-refractivity contribution < 1.29 is 41.5 Å². The molecule has 2 heterocycles. The molecule has 1 saturated carbocycles. The van der Waals surface area contributed by atoms with Gasteiger partial charge in [0.05, 0.1) is 7.11 Å². The summed E-state index contributed by atoms with van der Waals surface area (Å²) in [6, 6.07) is 18.1. The summed E-state index contributed by atoms with van der Waals surface area (Å²) in [7, 11) is 0.558. The van der Waals surface area contributed by atoms with Gasteiger partial charge in [-0.2, -0.15) is 22.7 Å². The molecule has 6 rings (SSSR count). The van der Waals surface area contributed by atoms with Crippen LogP contribution in [0.3, 0.4) is 0 Å². The van der Waals surface area contributed by atoms with Crippen LogP contribution in [0.2, 0.25) is 0 Å². The first-order chi connectivity index (χ1) is 28.2. The molecular weight excluding hydrogens is 773 g/mol. The fourth-order valence-corrected chi connectivity index (χ4v) is 7.45. The Balaban J connectivity index is 1.15. The van der Waals surface area contributed by atoms with Crippen molar-refractivity contribution in [2.75, 3.05) is 32.1 Å². The summed E-state index contributed by atoms with van der Waals surface area (Å²) in [6.07, 6.45) is 4.89. The normalized spacial score (nSPS) is 18.1. The molecule has 17 heteroatoms. The standard InChI is InChI=1S/C42H48F4N8O5/c1-24-21-30(37(56)49-32-17-19-48-20-18-32)13-16-33(24)27-7-3-25(4-8-27)22-34(51-36(55)29-9-5-26(23-47)6-10-29)38(57)50-31-14-11-28(12-15-31)35-52-39(54-53-35)41(43,44)42(45,46)40(58)59-2/h3-4,7-8,11-16,21,26,29,32,34,48H,5-6,9-10,17-20,22-23,47H2,1-2H3,(H,49,56)(H,50,57)(H,51,55)(H,52,53,54). The minimum atomic E-state index is -5.21. The third-order valence-corrected chi connectivity index (χ3v) is 11.1. The number of anilines is 1. The Morgan fingerprint density at radius 2 is 1.56 bits per heavy atom. The number of ether oxygens (including phenoxy) is 1. The molecule has 1 aromatic heterocycles. The summed E-state index contributed by atoms with van der Waals surface area (Å²) >= 11 is 0. The van der Waals surface area contributed by atoms with Gasteiger partial charge in [0, 0.05) is 35.2 Å². The van der Waals surface area contributed by atoms with Gasteiger partial charge in [0.2, 0.25) is 17.6 Å². The number of nitrogens with zero attached hydrogens (tertiary/aromatic N) is 2. The number of aryl methyl sites for hydroxylation is 1. The average molecular weight is 821 g/mol. The second-order valence-corrected chi connectivity index (χ2v) is 15.2. The lowest BCUT2D eigenvalue weighted by Gasteiger charge is -2.28. The average Bonchev–Trinajstić information content (AvgIpc) is 3.75. The van der Waals surface area contributed by atoms with E-state index in [2.05, 4.69) is 36.1 Å². The van der Waals surface area contributed by atoms with E-state index < -0.39 is 35.6 Å². The van der Waals surface area contributed by atoms with Gasteiger partial charge < -0.3 is 31.7 Å². The number of aromatic nitrogens is 3. The number of aromatic amines is 1. The van der Waals surface area contributed by atoms with Crippen molar-refractivity contribution in [1.29, 1.82) is 0 Å². The third kappa shape index (κ3) is 9.96. The zero-order chi connectivity index (χ0) is 42.3. The molecule has 314 valence electrons. The van der Waals surface area contributed by atoms with Gasteiger partial charge >= 0.3 is 17.8 Å². The van der Waals surface area contributed by atoms with Crippen LogP contribution in [-0.2, 0) is 31.5 Å². The van der Waals surface area contributed by atoms with Crippen LogP contribution in [0.4, 0.5) is 23.2 Å². The van der Waals surface area contributed by atoms with Gasteiger partial charge in [-0.25, -0.2) is 9.78 Å². The summed E-state index contributed by atoms with van der Waals surface area (Å²) in [5.74, 6) is -15.3. The van der Waals surface area contributed by atoms with Crippen molar-refractivity contribution in [2.45, 2.75) is 75.8 Å². The molecule has 0 bridgehead atoms. The number of esters is 1. The molecule has 1 saturated heterocycles. The summed E-state index contributed by atoms with van der Waals surface area (Å²) in [5, 5.41) is 17.5. The number of carbonyl (C=O) groups is 4. The number of hydrogen-bond acceptors (Lipinski definition) is 9. The summed E-state index contributed by atoms with van der Waals surface area (Å²) < 4.78 is 61.0. The van der Waals surface area contributed by atoms with Crippen LogP contribution in [0.1, 0.15) is 65.8 Å². The Labute approximate surface area is 338 Å². The summed E-state index contributed by atoms with van der Waals surface area (Å²) in [4.78, 5) is 55.1. The van der Waals surface area contributed by atoms with Crippen LogP contribution in [0.15, 0.2) is 66.7 Å². The number of piperidine rings is 1. The van der Waals surface area contributed by atoms with Crippen molar-refractivity contribution in [3.05, 3.63) is 89.2 Å². The molecule has 59 heavy (non-hydrogen) atoms. The van der Waals surface area contributed by atoms with E-state index in [0.29, 0.717) is 43.7 Å². The Bertz CT molecular complexity index is 2120. The molecule has 3 amide bonds. The maximum absolute atomic E-state index is 14.5. The second kappa shape index (κ2) is 18.5. The van der Waals surface area contributed by atoms with Crippen molar-refractivity contribution >= 4 is 29.4 Å². The zero-order valence-corrected chi connectivity index (χ0v) is 32.8. The second-order valence-electron chi connectivity index (χ2n) is 15.2. The SMILES string of the molecule is COC(=O)C(F)(F)C(F)(F)c1nc(-c2ccc(NC(=O)C(Cc3ccc(-c4ccc(C(=O)NC5CCNCC5)cc4C)cc3)NC(=O)C3CCC(CN)CC3)cc2)n[nH]1. The molecule has 2 fully saturated rings. The molecule has 0 spiro atoms. The maximum atomic E-state index is 14.5. The van der Waals surface area contributed by atoms with Crippen molar-refractivity contribution in [1.82, 2.24) is 31.1 Å². The fraction of sp³-hybridized carbons (Fsp3) is 0.429. The predicted octanol–water partition coefficient (Wildman–Crippen LogP) is 5.26. The number of benzene rings is 3. The minimum Gasteiger partial charge on any atom is -0.464 e. The fourth-order valence-electron chi connectivity index (χ4n) is 7.45. The van der Waals surface area contributed by atoms with Gasteiger partial charge in [-0.15, -0.1) is 0 Å². The van der Waals surface area contributed by atoms with Crippen molar-refractivity contribution in [3.8, 4) is 22.5 Å². The Hall–Kier alpha value is -5.68. The molecule has 7 N–H and O–H groups in total. The maximum Gasteiger partial charge on any atom is 0.412 e. The number of nitrogens with two attached hydrogens (primary N) is 1. The van der Waals surface area contributed by atoms with Crippen molar-refractivity contribution in [2.24, 2.45) is 17.6 Å². The van der Waals surface area contributed by atoms with Crippen LogP contribution in [-0.4, -0.2) is 83.6 Å². The number of amides is 3. The van der Waals surface area contributed by atoms with Crippen LogP contribution in [0, 0.1) is 18.8 Å². The Morgan fingerprint density at radius 3 is 2.19 bits per heavy atom. The quantitative estimate of drug-likeness (QED) is 0.0728. The van der Waals surface area contributed by atoms with E-state index >= 15 is 0 Å². The lowest BCUT2D eigenvalue weighted by Crippen LogP contribution is -2.48. The predicted molar refractivity (Wildman–Crippen MR) is 211 cm³/mol. The molecule has 3 aromatic carbocycles. The molecule has 2 aliphatic rings. The highest BCUT2D eigenvalue weighted by molar-refractivity contribution is 5.98. The zero-order valence-electron chi connectivity index (χ0n) is 32.8. The van der Waals surface area contributed by atoms with Crippen LogP contribution in [0.25, 0.3) is 22.5 Å². The van der Waals surface area contributed by atoms with E-state index in [4.69, 9.17) is 5.73 Å². The molecule has 13 nitrogen and oxygen atoms in total. The highest BCUT2D eigenvalue weighted by atomic mass is 19.3. The smallest absolute Gasteiger partial charge is 0.412 e. The van der Waals surface area contributed by atoms with Gasteiger partial charge in [-0.3, -0.25) is 19.5 Å². The Kier molecular flexibility index (Phi) is 13.5. The van der Waals surface area contributed by atoms with Crippen molar-refractivity contribution in [3.63, 3.8) is 0 Å². The van der Waals surface area contributed by atoms with Gasteiger partial charge in [0.15, 0.2) is 5.82 Å². The molecule has 4 aromatic rings. The molecular formula is C42H48F4N8O5. The largest absolute Gasteiger partial charge is 0.464 e. The molecule has 1 aliphatic carbocycles. The number of methoxy groups -OCH3 is 1.